The quantitative estimate of drug-likeness (QED) is 0.348. The molecule has 0 bridgehead atoms. The second-order valence-electron chi connectivity index (χ2n) is 6.68. The van der Waals surface area contributed by atoms with Gasteiger partial charge < -0.3 is 9.80 Å². The molecule has 0 N–H and O–H groups in total. The smallest absolute Gasteiger partial charge is 0.259 e. The number of benzene rings is 2. The third-order valence-electron chi connectivity index (χ3n) is 4.83. The molecule has 1 aromatic heterocycles. The van der Waals surface area contributed by atoms with Crippen LogP contribution in [0.25, 0.3) is 20.4 Å². The second kappa shape index (κ2) is 8.63. The minimum atomic E-state index is 1.03. The summed E-state index contributed by atoms with van der Waals surface area (Å²) >= 11 is 1.86. The van der Waals surface area contributed by atoms with Crippen LogP contribution in [0.4, 0.5) is 11.4 Å². The first kappa shape index (κ1) is 18.8. The summed E-state index contributed by atoms with van der Waals surface area (Å²) in [6.07, 6.45) is 2.34. The van der Waals surface area contributed by atoms with Crippen molar-refractivity contribution in [1.82, 2.24) is 4.98 Å². The molecule has 2 aromatic carbocycles. The Kier molecular flexibility index (Phi) is 6.25. The average Bonchev–Trinajstić information content (AvgIpc) is 2.66. The number of anilines is 2. The predicted octanol–water partition coefficient (Wildman–Crippen LogP) is 6.20. The van der Waals surface area contributed by atoms with Crippen molar-refractivity contribution in [3.63, 3.8) is 0 Å². The molecule has 3 nitrogen and oxygen atoms in total. The van der Waals surface area contributed by atoms with Crippen LogP contribution in [0.5, 0.6) is 0 Å². The number of nitrogens with zero attached hydrogens (tertiary/aromatic N) is 3. The van der Waals surface area contributed by atoms with Gasteiger partial charge in [0.1, 0.15) is 11.0 Å². The van der Waals surface area contributed by atoms with E-state index in [1.165, 1.54) is 33.6 Å². The molecule has 0 aliphatic heterocycles. The molecule has 26 heavy (non-hydrogen) atoms. The Morgan fingerprint density at radius 1 is 0.731 bits per heavy atom. The van der Waals surface area contributed by atoms with Crippen LogP contribution in [-0.4, -0.2) is 31.2 Å². The fourth-order valence-corrected chi connectivity index (χ4v) is 4.53. The molecular formula is C22H30N3S+. The SMILES string of the molecule is CCCN(CCC)c1ccc2nc3ccc(N(CC)CC)cc3[s+]c2c1. The molecule has 0 atom stereocenters. The van der Waals surface area contributed by atoms with Crippen LogP contribution in [0.1, 0.15) is 40.5 Å². The molecule has 3 aromatic rings. The lowest BCUT2D eigenvalue weighted by Gasteiger charge is -2.23. The standard InChI is InChI=1S/C22H30N3S/c1-5-13-25(14-6-2)18-10-12-20-22(16-18)26-21-15-17(24(7-3)8-4)9-11-19(21)23-20/h9-12,15-16H,5-8,13-14H2,1-4H3/q+1. The normalized spacial score (nSPS) is 11.2. The van der Waals surface area contributed by atoms with Gasteiger partial charge in [0.2, 0.25) is 11.3 Å². The van der Waals surface area contributed by atoms with Crippen molar-refractivity contribution in [2.24, 2.45) is 0 Å². The van der Waals surface area contributed by atoms with E-state index >= 15 is 0 Å². The molecular weight excluding hydrogens is 338 g/mol. The molecule has 0 amide bonds. The van der Waals surface area contributed by atoms with Crippen molar-refractivity contribution in [1.29, 1.82) is 0 Å². The summed E-state index contributed by atoms with van der Waals surface area (Å²) < 4.78 is 2.53. The van der Waals surface area contributed by atoms with Crippen LogP contribution in [-0.2, 0) is 0 Å². The van der Waals surface area contributed by atoms with Crippen LogP contribution in [0, 0.1) is 0 Å². The van der Waals surface area contributed by atoms with Gasteiger partial charge in [-0.2, -0.15) is 0 Å². The van der Waals surface area contributed by atoms with Gasteiger partial charge in [-0.05, 0) is 51.0 Å². The van der Waals surface area contributed by atoms with E-state index in [2.05, 4.69) is 73.9 Å². The third-order valence-corrected chi connectivity index (χ3v) is 5.92. The monoisotopic (exact) mass is 368 g/mol. The second-order valence-corrected chi connectivity index (χ2v) is 7.76. The fourth-order valence-electron chi connectivity index (χ4n) is 3.49. The van der Waals surface area contributed by atoms with Gasteiger partial charge in [0.05, 0.1) is 0 Å². The van der Waals surface area contributed by atoms with Crippen molar-refractivity contribution >= 4 is 43.1 Å². The Bertz CT molecular complexity index is 868. The van der Waals surface area contributed by atoms with Gasteiger partial charge in [-0.25, -0.2) is 4.98 Å². The Morgan fingerprint density at radius 2 is 1.23 bits per heavy atom. The molecule has 0 radical (unpaired) electrons. The Labute approximate surface area is 161 Å². The van der Waals surface area contributed by atoms with Gasteiger partial charge in [0.25, 0.3) is 9.40 Å². The highest BCUT2D eigenvalue weighted by Crippen LogP contribution is 2.31. The van der Waals surface area contributed by atoms with Crippen molar-refractivity contribution in [2.75, 3.05) is 36.0 Å². The summed E-state index contributed by atoms with van der Waals surface area (Å²) in [7, 11) is 0. The van der Waals surface area contributed by atoms with E-state index in [9.17, 15) is 0 Å². The average molecular weight is 369 g/mol. The molecule has 0 aliphatic carbocycles. The van der Waals surface area contributed by atoms with Crippen LogP contribution in [0.3, 0.4) is 0 Å². The number of rotatable bonds is 8. The van der Waals surface area contributed by atoms with E-state index in [-0.39, 0.29) is 0 Å². The van der Waals surface area contributed by atoms with Gasteiger partial charge in [0, 0.05) is 49.7 Å². The Balaban J connectivity index is 2.05. The predicted molar refractivity (Wildman–Crippen MR) is 118 cm³/mol. The first-order valence-electron chi connectivity index (χ1n) is 9.87. The highest BCUT2D eigenvalue weighted by molar-refractivity contribution is 7.24. The van der Waals surface area contributed by atoms with E-state index in [1.54, 1.807) is 0 Å². The molecule has 0 saturated carbocycles. The summed E-state index contributed by atoms with van der Waals surface area (Å²) in [6, 6.07) is 13.4. The highest BCUT2D eigenvalue weighted by atomic mass is 32.1. The molecule has 0 unspecified atom stereocenters. The minimum Gasteiger partial charge on any atom is -0.372 e. The lowest BCUT2D eigenvalue weighted by molar-refractivity contribution is 0.745. The topological polar surface area (TPSA) is 19.4 Å². The Hall–Kier alpha value is -1.94. The molecule has 0 spiro atoms. The Morgan fingerprint density at radius 3 is 1.69 bits per heavy atom. The van der Waals surface area contributed by atoms with Gasteiger partial charge in [-0.15, -0.1) is 0 Å². The van der Waals surface area contributed by atoms with Crippen LogP contribution < -0.4 is 9.80 Å². The summed E-state index contributed by atoms with van der Waals surface area (Å²) in [5, 5.41) is 0. The van der Waals surface area contributed by atoms with Crippen LogP contribution in [0.2, 0.25) is 0 Å². The van der Waals surface area contributed by atoms with Gasteiger partial charge >= 0.3 is 0 Å². The van der Waals surface area contributed by atoms with Crippen molar-refractivity contribution in [3.05, 3.63) is 36.4 Å². The van der Waals surface area contributed by atoms with Gasteiger partial charge in [0.15, 0.2) is 0 Å². The van der Waals surface area contributed by atoms with Gasteiger partial charge in [-0.1, -0.05) is 13.8 Å². The van der Waals surface area contributed by atoms with E-state index < -0.39 is 0 Å². The zero-order valence-electron chi connectivity index (χ0n) is 16.5. The lowest BCUT2D eigenvalue weighted by Crippen LogP contribution is -2.24. The fraction of sp³-hybridized carbons (Fsp3) is 0.455. The summed E-state index contributed by atoms with van der Waals surface area (Å²) in [5.41, 5.74) is 4.79. The maximum absolute atomic E-state index is 4.90. The number of hydrogen-bond acceptors (Lipinski definition) is 3. The first-order chi connectivity index (χ1) is 12.7. The summed E-state index contributed by atoms with van der Waals surface area (Å²) in [6.45, 7) is 13.2. The molecule has 1 heterocycles. The minimum absolute atomic E-state index is 1.03. The molecule has 0 saturated heterocycles. The maximum Gasteiger partial charge on any atom is 0.259 e. The number of hydrogen-bond donors (Lipinski definition) is 0. The lowest BCUT2D eigenvalue weighted by atomic mass is 10.2. The van der Waals surface area contributed by atoms with E-state index in [0.29, 0.717) is 0 Å². The van der Waals surface area contributed by atoms with Crippen molar-refractivity contribution in [3.8, 4) is 0 Å². The largest absolute Gasteiger partial charge is 0.372 e. The van der Waals surface area contributed by atoms with Crippen LogP contribution in [0.15, 0.2) is 36.4 Å². The van der Waals surface area contributed by atoms with Gasteiger partial charge in [-0.3, -0.25) is 0 Å². The molecule has 0 fully saturated rings. The number of fused-ring (bicyclic) bond motifs is 2. The zero-order chi connectivity index (χ0) is 18.5. The number of aromatic nitrogens is 1. The maximum atomic E-state index is 4.90. The molecule has 138 valence electrons. The van der Waals surface area contributed by atoms with E-state index in [1.807, 2.05) is 11.3 Å². The van der Waals surface area contributed by atoms with Crippen LogP contribution >= 0.6 is 11.3 Å². The van der Waals surface area contributed by atoms with Crippen molar-refractivity contribution < 1.29 is 0 Å². The first-order valence-corrected chi connectivity index (χ1v) is 10.7. The van der Waals surface area contributed by atoms with E-state index in [0.717, 1.165) is 37.2 Å². The molecule has 0 aliphatic rings. The summed E-state index contributed by atoms with van der Waals surface area (Å²) in [5.74, 6) is 0. The molecule has 3 rings (SSSR count). The van der Waals surface area contributed by atoms with E-state index in [4.69, 9.17) is 4.98 Å². The third kappa shape index (κ3) is 3.90. The van der Waals surface area contributed by atoms with Crippen molar-refractivity contribution in [2.45, 2.75) is 40.5 Å². The summed E-state index contributed by atoms with van der Waals surface area (Å²) in [4.78, 5) is 9.77. The highest BCUT2D eigenvalue weighted by Gasteiger charge is 2.16. The molecule has 4 heteroatoms. The zero-order valence-corrected chi connectivity index (χ0v) is 17.3.